The molecule has 2 aromatic rings. The Hall–Kier alpha value is -2.35. The van der Waals surface area contributed by atoms with Crippen LogP contribution in [-0.4, -0.2) is 70.6 Å². The van der Waals surface area contributed by atoms with E-state index < -0.39 is 0 Å². The number of benzene rings is 1. The predicted molar refractivity (Wildman–Crippen MR) is 95.6 cm³/mol. The molecule has 7 nitrogen and oxygen atoms in total. The molecule has 1 aliphatic rings. The molecule has 0 spiro atoms. The maximum Gasteiger partial charge on any atom is 0.260 e. The van der Waals surface area contributed by atoms with Crippen molar-refractivity contribution in [1.29, 1.82) is 0 Å². The molecule has 0 unspecified atom stereocenters. The molecule has 1 aliphatic heterocycles. The molecule has 0 atom stereocenters. The Kier molecular flexibility index (Phi) is 5.37. The van der Waals surface area contributed by atoms with Crippen LogP contribution >= 0.6 is 11.8 Å². The monoisotopic (exact) mass is 360 g/mol. The molecular formula is C17H20N4O3S. The van der Waals surface area contributed by atoms with Gasteiger partial charge in [0.25, 0.3) is 5.91 Å². The van der Waals surface area contributed by atoms with Crippen molar-refractivity contribution in [3.05, 3.63) is 24.5 Å². The molecule has 0 aliphatic carbocycles. The van der Waals surface area contributed by atoms with Crippen LogP contribution in [0.25, 0.3) is 10.9 Å². The molecule has 0 saturated carbocycles. The molecule has 25 heavy (non-hydrogen) atoms. The van der Waals surface area contributed by atoms with Gasteiger partial charge in [0.05, 0.1) is 5.52 Å². The van der Waals surface area contributed by atoms with Crippen molar-refractivity contribution < 1.29 is 14.3 Å². The number of hydrogen-bond donors (Lipinski definition) is 0. The molecule has 2 heterocycles. The van der Waals surface area contributed by atoms with Crippen molar-refractivity contribution in [2.75, 3.05) is 39.0 Å². The van der Waals surface area contributed by atoms with Crippen molar-refractivity contribution in [3.8, 4) is 5.75 Å². The standard InChI is InChI=1S/C17H20N4O3S/c1-12(22)20-5-7-21(8-6-20)16(23)10-24-13-3-4-14-15(9-13)18-11-19-17(14)25-2/h3-4,9,11H,5-8,10H2,1-2H3. The van der Waals surface area contributed by atoms with Crippen LogP contribution in [0.1, 0.15) is 6.92 Å². The highest BCUT2D eigenvalue weighted by Gasteiger charge is 2.22. The molecular weight excluding hydrogens is 340 g/mol. The second-order valence-electron chi connectivity index (χ2n) is 5.74. The van der Waals surface area contributed by atoms with Crippen LogP contribution in [0.15, 0.2) is 29.6 Å². The lowest BCUT2D eigenvalue weighted by Crippen LogP contribution is -2.51. The Labute approximate surface area is 150 Å². The number of carbonyl (C=O) groups excluding carboxylic acids is 2. The van der Waals surface area contributed by atoms with Crippen LogP contribution in [0.2, 0.25) is 0 Å². The van der Waals surface area contributed by atoms with E-state index in [-0.39, 0.29) is 18.4 Å². The van der Waals surface area contributed by atoms with E-state index in [2.05, 4.69) is 9.97 Å². The topological polar surface area (TPSA) is 75.6 Å². The number of fused-ring (bicyclic) bond motifs is 1. The molecule has 8 heteroatoms. The minimum Gasteiger partial charge on any atom is -0.484 e. The number of aromatic nitrogens is 2. The summed E-state index contributed by atoms with van der Waals surface area (Å²) in [5, 5.41) is 1.88. The van der Waals surface area contributed by atoms with Crippen LogP contribution in [0.4, 0.5) is 0 Å². The van der Waals surface area contributed by atoms with E-state index in [1.165, 1.54) is 6.33 Å². The fraction of sp³-hybridized carbons (Fsp3) is 0.412. The summed E-state index contributed by atoms with van der Waals surface area (Å²) in [7, 11) is 0. The largest absolute Gasteiger partial charge is 0.484 e. The van der Waals surface area contributed by atoms with Crippen LogP contribution in [0.3, 0.4) is 0 Å². The van der Waals surface area contributed by atoms with Crippen LogP contribution in [0, 0.1) is 0 Å². The molecule has 0 radical (unpaired) electrons. The number of hydrogen-bond acceptors (Lipinski definition) is 6. The third-order valence-corrected chi connectivity index (χ3v) is 4.92. The van der Waals surface area contributed by atoms with E-state index in [1.54, 1.807) is 28.5 Å². The van der Waals surface area contributed by atoms with Crippen molar-refractivity contribution in [2.24, 2.45) is 0 Å². The van der Waals surface area contributed by atoms with Crippen LogP contribution in [-0.2, 0) is 9.59 Å². The van der Waals surface area contributed by atoms with Gasteiger partial charge in [0, 0.05) is 44.6 Å². The van der Waals surface area contributed by atoms with Gasteiger partial charge in [-0.25, -0.2) is 9.97 Å². The van der Waals surface area contributed by atoms with Gasteiger partial charge in [-0.05, 0) is 18.4 Å². The quantitative estimate of drug-likeness (QED) is 0.606. The molecule has 1 aromatic heterocycles. The lowest BCUT2D eigenvalue weighted by Gasteiger charge is -2.34. The van der Waals surface area contributed by atoms with Crippen molar-refractivity contribution in [1.82, 2.24) is 19.8 Å². The fourth-order valence-electron chi connectivity index (χ4n) is 2.77. The zero-order valence-corrected chi connectivity index (χ0v) is 15.1. The summed E-state index contributed by atoms with van der Waals surface area (Å²) in [4.78, 5) is 35.6. The number of nitrogens with zero attached hydrogens (tertiary/aromatic N) is 4. The third kappa shape index (κ3) is 4.01. The van der Waals surface area contributed by atoms with E-state index in [4.69, 9.17) is 4.74 Å². The first-order valence-corrected chi connectivity index (χ1v) is 9.26. The SMILES string of the molecule is CSc1ncnc2cc(OCC(=O)N3CCN(C(C)=O)CC3)ccc12. The molecule has 1 fully saturated rings. The fourth-order valence-corrected chi connectivity index (χ4v) is 3.32. The number of ether oxygens (including phenoxy) is 1. The number of thioether (sulfide) groups is 1. The summed E-state index contributed by atoms with van der Waals surface area (Å²) in [5.74, 6) is 0.580. The highest BCUT2D eigenvalue weighted by Crippen LogP contribution is 2.25. The lowest BCUT2D eigenvalue weighted by atomic mass is 10.2. The van der Waals surface area contributed by atoms with Crippen molar-refractivity contribution >= 4 is 34.5 Å². The lowest BCUT2D eigenvalue weighted by molar-refractivity contribution is -0.139. The highest BCUT2D eigenvalue weighted by molar-refractivity contribution is 7.98. The Bertz CT molecular complexity index is 791. The average molecular weight is 360 g/mol. The molecule has 0 N–H and O–H groups in total. The Balaban J connectivity index is 1.59. The number of amides is 2. The van der Waals surface area contributed by atoms with Gasteiger partial charge in [-0.15, -0.1) is 11.8 Å². The van der Waals surface area contributed by atoms with Crippen LogP contribution < -0.4 is 4.74 Å². The first-order chi connectivity index (χ1) is 12.1. The number of carbonyl (C=O) groups is 2. The van der Waals surface area contributed by atoms with Crippen LogP contribution in [0.5, 0.6) is 5.75 Å². The predicted octanol–water partition coefficient (Wildman–Crippen LogP) is 1.42. The molecule has 0 bridgehead atoms. The van der Waals surface area contributed by atoms with E-state index in [0.29, 0.717) is 31.9 Å². The summed E-state index contributed by atoms with van der Waals surface area (Å²) in [6, 6.07) is 5.55. The molecule has 1 aromatic carbocycles. The van der Waals surface area contributed by atoms with Gasteiger partial charge in [-0.1, -0.05) is 0 Å². The summed E-state index contributed by atoms with van der Waals surface area (Å²) >= 11 is 1.56. The molecule has 2 amide bonds. The van der Waals surface area contributed by atoms with E-state index in [0.717, 1.165) is 15.9 Å². The van der Waals surface area contributed by atoms with E-state index in [9.17, 15) is 9.59 Å². The molecule has 132 valence electrons. The van der Waals surface area contributed by atoms with Gasteiger partial charge in [0.15, 0.2) is 6.61 Å². The smallest absolute Gasteiger partial charge is 0.260 e. The number of rotatable bonds is 4. The van der Waals surface area contributed by atoms with E-state index in [1.807, 2.05) is 24.5 Å². The van der Waals surface area contributed by atoms with Gasteiger partial charge in [-0.2, -0.15) is 0 Å². The molecule has 3 rings (SSSR count). The summed E-state index contributed by atoms with van der Waals surface area (Å²) in [6.45, 7) is 3.77. The Morgan fingerprint density at radius 2 is 1.88 bits per heavy atom. The van der Waals surface area contributed by atoms with Gasteiger partial charge in [0.2, 0.25) is 5.91 Å². The van der Waals surface area contributed by atoms with Gasteiger partial charge >= 0.3 is 0 Å². The second kappa shape index (κ2) is 7.69. The average Bonchev–Trinajstić information content (AvgIpc) is 2.65. The van der Waals surface area contributed by atoms with Gasteiger partial charge in [0.1, 0.15) is 17.1 Å². The summed E-state index contributed by atoms with van der Waals surface area (Å²) in [5.41, 5.74) is 0.791. The maximum atomic E-state index is 12.3. The minimum atomic E-state index is -0.0733. The van der Waals surface area contributed by atoms with Crippen molar-refractivity contribution in [3.63, 3.8) is 0 Å². The first kappa shape index (κ1) is 17.5. The normalized spacial score (nSPS) is 14.6. The number of piperazine rings is 1. The highest BCUT2D eigenvalue weighted by atomic mass is 32.2. The first-order valence-electron chi connectivity index (χ1n) is 8.03. The third-order valence-electron chi connectivity index (χ3n) is 4.20. The van der Waals surface area contributed by atoms with Gasteiger partial charge in [-0.3, -0.25) is 9.59 Å². The summed E-state index contributed by atoms with van der Waals surface area (Å²) < 4.78 is 5.64. The summed E-state index contributed by atoms with van der Waals surface area (Å²) in [6.07, 6.45) is 3.49. The zero-order chi connectivity index (χ0) is 17.8. The van der Waals surface area contributed by atoms with Crippen molar-refractivity contribution in [2.45, 2.75) is 11.9 Å². The minimum absolute atomic E-state index is 0.0218. The zero-order valence-electron chi connectivity index (χ0n) is 14.3. The maximum absolute atomic E-state index is 12.3. The van der Waals surface area contributed by atoms with Gasteiger partial charge < -0.3 is 14.5 Å². The Morgan fingerprint density at radius 1 is 1.16 bits per heavy atom. The second-order valence-corrected chi connectivity index (χ2v) is 6.53. The Morgan fingerprint density at radius 3 is 2.56 bits per heavy atom. The van der Waals surface area contributed by atoms with E-state index >= 15 is 0 Å². The molecule has 1 saturated heterocycles.